The summed E-state index contributed by atoms with van der Waals surface area (Å²) in [5.74, 6) is 0. The van der Waals surface area contributed by atoms with Gasteiger partial charge in [0.25, 0.3) is 0 Å². The molecule has 0 fully saturated rings. The van der Waals surface area contributed by atoms with Crippen molar-refractivity contribution in [2.24, 2.45) is 5.10 Å². The van der Waals surface area contributed by atoms with Gasteiger partial charge in [0.15, 0.2) is 0 Å². The van der Waals surface area contributed by atoms with E-state index in [1.165, 1.54) is 11.3 Å². The quantitative estimate of drug-likeness (QED) is 0.678. The first-order valence-electron chi connectivity index (χ1n) is 6.03. The lowest BCUT2D eigenvalue weighted by molar-refractivity contribution is -0.109. The summed E-state index contributed by atoms with van der Waals surface area (Å²) in [6.07, 6.45) is 0.575. The maximum atomic E-state index is 10.4. The van der Waals surface area contributed by atoms with Crippen LogP contribution in [0.15, 0.2) is 40.8 Å². The molecular weight excluding hydrogens is 258 g/mol. The Balaban J connectivity index is 2.67. The standard InChI is InChI=1S/C14H17N3OS/c1-14(2,3)12-9-19-13(16-15-10-18)17(12)11-7-5-4-6-8-11/h4-10H,1-3H3,(H,15,18). The van der Waals surface area contributed by atoms with Crippen LogP contribution >= 0.6 is 11.3 Å². The summed E-state index contributed by atoms with van der Waals surface area (Å²) in [6, 6.07) is 10.0. The first kappa shape index (κ1) is 13.5. The third kappa shape index (κ3) is 2.93. The molecule has 2 aromatic rings. The third-order valence-corrected chi connectivity index (χ3v) is 3.53. The minimum absolute atomic E-state index is 0.00128. The zero-order chi connectivity index (χ0) is 13.9. The van der Waals surface area contributed by atoms with Crippen molar-refractivity contribution in [2.75, 3.05) is 0 Å². The molecule has 0 saturated heterocycles. The van der Waals surface area contributed by atoms with Gasteiger partial charge in [-0.05, 0) is 12.1 Å². The SMILES string of the molecule is CC(C)(C)c1csc(=NNC=O)n1-c1ccccc1. The molecule has 0 spiro atoms. The van der Waals surface area contributed by atoms with Gasteiger partial charge in [-0.15, -0.1) is 16.4 Å². The maximum absolute atomic E-state index is 10.4. The van der Waals surface area contributed by atoms with E-state index in [0.29, 0.717) is 6.41 Å². The molecule has 0 radical (unpaired) electrons. The van der Waals surface area contributed by atoms with E-state index in [1.807, 2.05) is 30.3 Å². The van der Waals surface area contributed by atoms with Crippen molar-refractivity contribution in [3.8, 4) is 5.69 Å². The second-order valence-electron chi connectivity index (χ2n) is 5.18. The molecule has 19 heavy (non-hydrogen) atoms. The van der Waals surface area contributed by atoms with Gasteiger partial charge in [-0.25, -0.2) is 5.43 Å². The number of aromatic nitrogens is 1. The van der Waals surface area contributed by atoms with Crippen LogP contribution in [0.3, 0.4) is 0 Å². The van der Waals surface area contributed by atoms with Crippen molar-refractivity contribution < 1.29 is 4.79 Å². The van der Waals surface area contributed by atoms with Crippen molar-refractivity contribution in [1.29, 1.82) is 0 Å². The second-order valence-corrected chi connectivity index (χ2v) is 6.02. The van der Waals surface area contributed by atoms with Crippen molar-refractivity contribution >= 4 is 17.7 Å². The molecule has 100 valence electrons. The highest BCUT2D eigenvalue weighted by Crippen LogP contribution is 2.25. The normalized spacial score (nSPS) is 12.5. The van der Waals surface area contributed by atoms with Gasteiger partial charge in [0, 0.05) is 22.2 Å². The van der Waals surface area contributed by atoms with E-state index in [-0.39, 0.29) is 5.41 Å². The van der Waals surface area contributed by atoms with E-state index in [0.717, 1.165) is 16.2 Å². The molecule has 1 aromatic heterocycles. The number of hydrogen-bond acceptors (Lipinski definition) is 3. The summed E-state index contributed by atoms with van der Waals surface area (Å²) in [5, 5.41) is 6.18. The highest BCUT2D eigenvalue weighted by molar-refractivity contribution is 7.07. The number of benzene rings is 1. The van der Waals surface area contributed by atoms with Crippen LogP contribution in [0.1, 0.15) is 26.5 Å². The van der Waals surface area contributed by atoms with Crippen LogP contribution in [0.2, 0.25) is 0 Å². The number of hydrogen-bond donors (Lipinski definition) is 1. The number of carbonyl (C=O) groups excluding carboxylic acids is 1. The van der Waals surface area contributed by atoms with Crippen molar-refractivity contribution in [1.82, 2.24) is 9.99 Å². The van der Waals surface area contributed by atoms with Crippen molar-refractivity contribution in [3.05, 3.63) is 46.2 Å². The summed E-state index contributed by atoms with van der Waals surface area (Å²) in [4.78, 5) is 11.2. The van der Waals surface area contributed by atoms with Crippen LogP contribution in [0, 0.1) is 0 Å². The predicted molar refractivity (Wildman–Crippen MR) is 77.1 cm³/mol. The zero-order valence-electron chi connectivity index (χ0n) is 11.3. The number of nitrogens with zero attached hydrogens (tertiary/aromatic N) is 2. The Hall–Kier alpha value is -1.88. The van der Waals surface area contributed by atoms with E-state index in [9.17, 15) is 4.79 Å². The van der Waals surface area contributed by atoms with Crippen molar-refractivity contribution in [2.45, 2.75) is 26.2 Å². The monoisotopic (exact) mass is 275 g/mol. The molecule has 0 unspecified atom stereocenters. The van der Waals surface area contributed by atoms with Gasteiger partial charge in [0.1, 0.15) is 0 Å². The number of amides is 1. The van der Waals surface area contributed by atoms with Crippen LogP contribution in [0.5, 0.6) is 0 Å². The zero-order valence-corrected chi connectivity index (χ0v) is 12.1. The van der Waals surface area contributed by atoms with E-state index in [4.69, 9.17) is 0 Å². The first-order chi connectivity index (χ1) is 9.04. The van der Waals surface area contributed by atoms with E-state index >= 15 is 0 Å². The highest BCUT2D eigenvalue weighted by Gasteiger charge is 2.20. The molecule has 0 aliphatic rings. The fourth-order valence-electron chi connectivity index (χ4n) is 1.81. The number of para-hydroxylation sites is 1. The Labute approximate surface area is 116 Å². The van der Waals surface area contributed by atoms with Gasteiger partial charge in [-0.2, -0.15) is 0 Å². The summed E-state index contributed by atoms with van der Waals surface area (Å²) >= 11 is 1.51. The lowest BCUT2D eigenvalue weighted by Gasteiger charge is -2.21. The molecule has 4 nitrogen and oxygen atoms in total. The fourth-order valence-corrected chi connectivity index (χ4v) is 2.90. The summed E-state index contributed by atoms with van der Waals surface area (Å²) in [5.41, 5.74) is 4.58. The Bertz CT molecular complexity index is 620. The van der Waals surface area contributed by atoms with Gasteiger partial charge < -0.3 is 0 Å². The third-order valence-electron chi connectivity index (χ3n) is 2.70. The van der Waals surface area contributed by atoms with Gasteiger partial charge in [-0.1, -0.05) is 39.0 Å². The van der Waals surface area contributed by atoms with Crippen LogP contribution in [0.25, 0.3) is 5.69 Å². The van der Waals surface area contributed by atoms with Crippen LogP contribution in [-0.2, 0) is 10.2 Å². The molecule has 0 aliphatic heterocycles. The molecule has 0 aliphatic carbocycles. The topological polar surface area (TPSA) is 46.4 Å². The summed E-state index contributed by atoms with van der Waals surface area (Å²) in [6.45, 7) is 6.47. The van der Waals surface area contributed by atoms with Crippen LogP contribution < -0.4 is 10.2 Å². The lowest BCUT2D eigenvalue weighted by Crippen LogP contribution is -2.24. The van der Waals surface area contributed by atoms with Crippen LogP contribution in [0.4, 0.5) is 0 Å². The number of carbonyl (C=O) groups is 1. The molecule has 0 atom stereocenters. The smallest absolute Gasteiger partial charge is 0.227 e. The predicted octanol–water partition coefficient (Wildman–Crippen LogP) is 2.40. The molecular formula is C14H17N3OS. The number of thiazole rings is 1. The molecule has 1 amide bonds. The van der Waals surface area contributed by atoms with Gasteiger partial charge in [-0.3, -0.25) is 9.36 Å². The highest BCUT2D eigenvalue weighted by atomic mass is 32.1. The summed E-state index contributed by atoms with van der Waals surface area (Å²) < 4.78 is 2.07. The second kappa shape index (κ2) is 5.40. The van der Waals surface area contributed by atoms with E-state index in [2.05, 4.69) is 41.2 Å². The summed E-state index contributed by atoms with van der Waals surface area (Å²) in [7, 11) is 0. The van der Waals surface area contributed by atoms with E-state index in [1.54, 1.807) is 0 Å². The number of rotatable bonds is 3. The molecule has 0 bridgehead atoms. The first-order valence-corrected chi connectivity index (χ1v) is 6.91. The van der Waals surface area contributed by atoms with Crippen molar-refractivity contribution in [3.63, 3.8) is 0 Å². The van der Waals surface area contributed by atoms with Gasteiger partial charge in [0.2, 0.25) is 11.2 Å². The Morgan fingerprint density at radius 1 is 1.26 bits per heavy atom. The lowest BCUT2D eigenvalue weighted by atomic mass is 9.93. The van der Waals surface area contributed by atoms with Gasteiger partial charge >= 0.3 is 0 Å². The fraction of sp³-hybridized carbons (Fsp3) is 0.286. The Morgan fingerprint density at radius 2 is 1.95 bits per heavy atom. The van der Waals surface area contributed by atoms with Crippen LogP contribution in [-0.4, -0.2) is 11.0 Å². The molecule has 0 saturated carbocycles. The molecule has 1 heterocycles. The van der Waals surface area contributed by atoms with Gasteiger partial charge in [0.05, 0.1) is 0 Å². The minimum Gasteiger partial charge on any atom is -0.288 e. The number of nitrogens with one attached hydrogen (secondary N) is 1. The molecule has 5 heteroatoms. The molecule has 2 rings (SSSR count). The van der Waals surface area contributed by atoms with E-state index < -0.39 is 0 Å². The average molecular weight is 275 g/mol. The molecule has 1 N–H and O–H groups in total. The maximum Gasteiger partial charge on any atom is 0.227 e. The molecule has 1 aromatic carbocycles. The minimum atomic E-state index is 0.00128. The Morgan fingerprint density at radius 3 is 2.53 bits per heavy atom. The largest absolute Gasteiger partial charge is 0.288 e. The average Bonchev–Trinajstić information content (AvgIpc) is 2.81. The Kier molecular flexibility index (Phi) is 3.85.